The van der Waals surface area contributed by atoms with E-state index in [0.29, 0.717) is 32.7 Å². The Labute approximate surface area is 191 Å². The number of carbonyl (C=O) groups is 1. The topological polar surface area (TPSA) is 75.7 Å². The van der Waals surface area contributed by atoms with Crippen LogP contribution in [0, 0.1) is 5.82 Å². The number of aliphatic hydroxyl groups excluding tert-OH is 1. The van der Waals surface area contributed by atoms with Crippen molar-refractivity contribution in [3.8, 4) is 11.1 Å². The van der Waals surface area contributed by atoms with Crippen LogP contribution in [0.2, 0.25) is 0 Å². The number of carbonyl (C=O) groups excluding carboxylic acids is 1. The molecule has 170 valence electrons. The molecule has 0 saturated carbocycles. The first kappa shape index (κ1) is 20.4. The number of pyridine rings is 1. The van der Waals surface area contributed by atoms with Gasteiger partial charge in [-0.3, -0.25) is 9.69 Å². The molecule has 3 aliphatic heterocycles. The third-order valence-electron chi connectivity index (χ3n) is 7.04. The summed E-state index contributed by atoms with van der Waals surface area (Å²) in [5, 5.41) is 10.5. The van der Waals surface area contributed by atoms with Gasteiger partial charge in [0.2, 0.25) is 5.91 Å². The zero-order valence-corrected chi connectivity index (χ0v) is 18.5. The number of nitrogens with one attached hydrogen (secondary N) is 1. The van der Waals surface area contributed by atoms with E-state index < -0.39 is 0 Å². The van der Waals surface area contributed by atoms with E-state index in [4.69, 9.17) is 0 Å². The Morgan fingerprint density at radius 1 is 1.27 bits per heavy atom. The van der Waals surface area contributed by atoms with Crippen molar-refractivity contribution in [2.45, 2.75) is 19.1 Å². The van der Waals surface area contributed by atoms with Crippen molar-refractivity contribution in [2.75, 3.05) is 44.7 Å². The molecule has 0 aliphatic carbocycles. The standard InChI is InChI=1S/C25H26FN5O2/c1-29-13-20-23-18(19-10-16(26)2-3-21(19)29)4-7-27-25(23)28-24(20)15-5-8-30(9-6-15)14-22(33)31-11-17(32)12-31/h2-5,7,10,17,32H,6,8-9,11-14H2,1H3,(H,27,28). The molecule has 1 saturated heterocycles. The smallest absolute Gasteiger partial charge is 0.236 e. The fourth-order valence-corrected chi connectivity index (χ4v) is 5.25. The fraction of sp³-hybridized carbons (Fsp3) is 0.360. The predicted octanol–water partition coefficient (Wildman–Crippen LogP) is 2.61. The summed E-state index contributed by atoms with van der Waals surface area (Å²) in [7, 11) is 2.04. The van der Waals surface area contributed by atoms with Crippen LogP contribution in [0.5, 0.6) is 0 Å². The number of aromatic nitrogens is 2. The van der Waals surface area contributed by atoms with Crippen LogP contribution in [0.15, 0.2) is 36.5 Å². The van der Waals surface area contributed by atoms with Gasteiger partial charge in [0.1, 0.15) is 11.5 Å². The van der Waals surface area contributed by atoms with Crippen molar-refractivity contribution in [1.29, 1.82) is 0 Å². The van der Waals surface area contributed by atoms with Gasteiger partial charge in [0.05, 0.1) is 12.6 Å². The second kappa shape index (κ2) is 7.67. The third kappa shape index (κ3) is 3.41. The van der Waals surface area contributed by atoms with Gasteiger partial charge in [-0.25, -0.2) is 9.37 Å². The fourth-order valence-electron chi connectivity index (χ4n) is 5.25. The van der Waals surface area contributed by atoms with Gasteiger partial charge in [0.15, 0.2) is 0 Å². The lowest BCUT2D eigenvalue weighted by molar-refractivity contribution is -0.142. The lowest BCUT2D eigenvalue weighted by Crippen LogP contribution is -2.56. The van der Waals surface area contributed by atoms with E-state index in [0.717, 1.165) is 46.5 Å². The first-order valence-corrected chi connectivity index (χ1v) is 11.4. The molecular formula is C25H26FN5O2. The number of H-pyrrole nitrogens is 1. The van der Waals surface area contributed by atoms with E-state index in [1.165, 1.54) is 17.2 Å². The Kier molecular flexibility index (Phi) is 4.74. The van der Waals surface area contributed by atoms with Crippen LogP contribution in [-0.4, -0.2) is 76.7 Å². The summed E-state index contributed by atoms with van der Waals surface area (Å²) >= 11 is 0. The molecule has 0 spiro atoms. The quantitative estimate of drug-likeness (QED) is 0.646. The summed E-state index contributed by atoms with van der Waals surface area (Å²) in [5.74, 6) is -0.168. The Morgan fingerprint density at radius 2 is 2.12 bits per heavy atom. The van der Waals surface area contributed by atoms with Crippen LogP contribution < -0.4 is 4.90 Å². The lowest BCUT2D eigenvalue weighted by Gasteiger charge is -2.37. The molecule has 0 atom stereocenters. The molecule has 3 aromatic rings. The molecule has 5 heterocycles. The summed E-state index contributed by atoms with van der Waals surface area (Å²) < 4.78 is 14.1. The minimum Gasteiger partial charge on any atom is -0.389 e. The number of aliphatic hydroxyl groups is 1. The van der Waals surface area contributed by atoms with Crippen LogP contribution >= 0.6 is 0 Å². The number of hydrogen-bond donors (Lipinski definition) is 2. The average molecular weight is 448 g/mol. The van der Waals surface area contributed by atoms with E-state index in [-0.39, 0.29) is 17.8 Å². The van der Waals surface area contributed by atoms with Crippen molar-refractivity contribution in [3.05, 3.63) is 53.6 Å². The van der Waals surface area contributed by atoms with Crippen LogP contribution in [0.1, 0.15) is 17.7 Å². The Morgan fingerprint density at radius 3 is 2.88 bits per heavy atom. The Hall–Kier alpha value is -3.23. The molecule has 1 aromatic carbocycles. The van der Waals surface area contributed by atoms with Crippen molar-refractivity contribution < 1.29 is 14.3 Å². The number of rotatable bonds is 3. The number of anilines is 1. The summed E-state index contributed by atoms with van der Waals surface area (Å²) in [6.07, 6.45) is 4.43. The van der Waals surface area contributed by atoms with Gasteiger partial charge in [-0.2, -0.15) is 0 Å². The number of benzene rings is 1. The average Bonchev–Trinajstić information content (AvgIpc) is 3.09. The van der Waals surface area contributed by atoms with Gasteiger partial charge >= 0.3 is 0 Å². The number of hydrogen-bond acceptors (Lipinski definition) is 5. The van der Waals surface area contributed by atoms with Gasteiger partial charge in [0, 0.05) is 73.9 Å². The molecule has 0 unspecified atom stereocenters. The molecule has 2 N–H and O–H groups in total. The van der Waals surface area contributed by atoms with Gasteiger partial charge < -0.3 is 19.9 Å². The maximum Gasteiger partial charge on any atom is 0.236 e. The summed E-state index contributed by atoms with van der Waals surface area (Å²) in [6.45, 7) is 3.47. The van der Waals surface area contributed by atoms with Crippen LogP contribution in [0.4, 0.5) is 10.1 Å². The molecule has 2 aromatic heterocycles. The van der Waals surface area contributed by atoms with E-state index in [1.807, 2.05) is 19.2 Å². The summed E-state index contributed by atoms with van der Waals surface area (Å²) in [4.78, 5) is 26.5. The van der Waals surface area contributed by atoms with Crippen molar-refractivity contribution in [3.63, 3.8) is 0 Å². The van der Waals surface area contributed by atoms with E-state index in [9.17, 15) is 14.3 Å². The molecule has 7 nitrogen and oxygen atoms in total. The maximum absolute atomic E-state index is 14.1. The number of β-amino-alcohol motifs (C(OH)–C–C–N with tert-alkyl or cyclic N) is 1. The summed E-state index contributed by atoms with van der Waals surface area (Å²) in [6, 6.07) is 6.93. The van der Waals surface area contributed by atoms with Crippen LogP contribution in [0.3, 0.4) is 0 Å². The van der Waals surface area contributed by atoms with Gasteiger partial charge in [-0.05, 0) is 41.8 Å². The highest BCUT2D eigenvalue weighted by atomic mass is 19.1. The van der Waals surface area contributed by atoms with E-state index in [2.05, 4.69) is 25.8 Å². The van der Waals surface area contributed by atoms with Gasteiger partial charge in [-0.15, -0.1) is 0 Å². The maximum atomic E-state index is 14.1. The monoisotopic (exact) mass is 447 g/mol. The molecule has 1 fully saturated rings. The summed E-state index contributed by atoms with van der Waals surface area (Å²) in [5.41, 5.74) is 7.19. The molecule has 6 rings (SSSR count). The molecule has 0 bridgehead atoms. The van der Waals surface area contributed by atoms with Crippen LogP contribution in [0.25, 0.3) is 27.7 Å². The zero-order chi connectivity index (χ0) is 22.7. The number of nitrogens with zero attached hydrogens (tertiary/aromatic N) is 4. The number of aromatic amines is 1. The Balaban J connectivity index is 1.32. The number of likely N-dealkylation sites (tertiary alicyclic amines) is 1. The SMILES string of the molecule is CN1Cc2c(C3=CCN(CC(=O)N4CC(O)C4)CC3)[nH]c3nccc(c23)-c2cc(F)ccc21. The molecule has 33 heavy (non-hydrogen) atoms. The minimum atomic E-state index is -0.371. The van der Waals surface area contributed by atoms with E-state index >= 15 is 0 Å². The van der Waals surface area contributed by atoms with Gasteiger partial charge in [0.25, 0.3) is 0 Å². The molecule has 3 aliphatic rings. The molecule has 8 heteroatoms. The van der Waals surface area contributed by atoms with E-state index in [1.54, 1.807) is 17.2 Å². The highest BCUT2D eigenvalue weighted by Gasteiger charge is 2.31. The highest BCUT2D eigenvalue weighted by molar-refractivity contribution is 6.02. The zero-order valence-electron chi connectivity index (χ0n) is 18.5. The normalized spacial score (nSPS) is 18.7. The van der Waals surface area contributed by atoms with Crippen molar-refractivity contribution >= 4 is 28.2 Å². The first-order valence-electron chi connectivity index (χ1n) is 11.4. The van der Waals surface area contributed by atoms with Crippen LogP contribution in [-0.2, 0) is 11.3 Å². The first-order chi connectivity index (χ1) is 16.0. The minimum absolute atomic E-state index is 0.0785. The van der Waals surface area contributed by atoms with Crippen molar-refractivity contribution in [2.24, 2.45) is 0 Å². The second-order valence-electron chi connectivity index (χ2n) is 9.25. The largest absolute Gasteiger partial charge is 0.389 e. The second-order valence-corrected chi connectivity index (χ2v) is 9.25. The number of halogens is 1. The third-order valence-corrected chi connectivity index (χ3v) is 7.04. The number of amides is 1. The highest BCUT2D eigenvalue weighted by Crippen LogP contribution is 2.43. The lowest BCUT2D eigenvalue weighted by atomic mass is 9.97. The molecular weight excluding hydrogens is 421 g/mol. The Bertz CT molecular complexity index is 1290. The number of fused-ring (bicyclic) bond motifs is 2. The predicted molar refractivity (Wildman–Crippen MR) is 125 cm³/mol. The molecule has 0 radical (unpaired) electrons. The van der Waals surface area contributed by atoms with Gasteiger partial charge in [-0.1, -0.05) is 6.08 Å². The van der Waals surface area contributed by atoms with Crippen molar-refractivity contribution in [1.82, 2.24) is 19.8 Å². The molecule has 1 amide bonds.